The van der Waals surface area contributed by atoms with Gasteiger partial charge >= 0.3 is 0 Å². The molecule has 1 aliphatic carbocycles. The van der Waals surface area contributed by atoms with Crippen molar-refractivity contribution in [2.45, 2.75) is 83.1 Å². The fourth-order valence-corrected chi connectivity index (χ4v) is 5.88. The zero-order chi connectivity index (χ0) is 17.0. The Morgan fingerprint density at radius 1 is 1.00 bits per heavy atom. The normalized spacial score (nSPS) is 21.4. The van der Waals surface area contributed by atoms with Crippen molar-refractivity contribution in [2.75, 3.05) is 6.61 Å². The first-order valence-corrected chi connectivity index (χ1v) is 16.2. The molecule has 0 atom stereocenters. The van der Waals surface area contributed by atoms with Crippen LogP contribution in [0.1, 0.15) is 82.6 Å². The van der Waals surface area contributed by atoms with Crippen molar-refractivity contribution >= 4 is 28.8 Å². The van der Waals surface area contributed by atoms with Gasteiger partial charge in [-0.1, -0.05) is 57.2 Å². The molecule has 0 saturated heterocycles. The van der Waals surface area contributed by atoms with Crippen LogP contribution in [0.15, 0.2) is 24.3 Å². The Morgan fingerprint density at radius 3 is 2.42 bits per heavy atom. The lowest BCUT2D eigenvalue weighted by Crippen LogP contribution is -2.13. The molecular formula is C21H35IOSi. The minimum absolute atomic E-state index is 0.171. The standard InChI is InChI=1S/C21H35IOSi/c1-2-3-4-5-7-18-8-10-19(11-9-18)20-12-14-21(15-13-20)23-16-6-17-24-22/h12-15,18-19H,2-11,16-17,24H2,1H3. The lowest BCUT2D eigenvalue weighted by molar-refractivity contribution is 0.301. The average molecular weight is 459 g/mol. The largest absolute Gasteiger partial charge is 0.494 e. The molecule has 0 unspecified atom stereocenters. The molecule has 0 spiro atoms. The Balaban J connectivity index is 1.68. The van der Waals surface area contributed by atoms with Crippen molar-refractivity contribution in [2.24, 2.45) is 5.92 Å². The third-order valence-corrected chi connectivity index (χ3v) is 8.52. The molecule has 1 nitrogen and oxygen atoms in total. The van der Waals surface area contributed by atoms with Gasteiger partial charge in [0.15, 0.2) is 0 Å². The highest BCUT2D eigenvalue weighted by Gasteiger charge is 2.21. The van der Waals surface area contributed by atoms with E-state index in [1.807, 2.05) is 0 Å². The van der Waals surface area contributed by atoms with E-state index in [2.05, 4.69) is 53.0 Å². The van der Waals surface area contributed by atoms with Crippen molar-refractivity contribution in [3.8, 4) is 5.75 Å². The van der Waals surface area contributed by atoms with Crippen LogP contribution in [-0.2, 0) is 0 Å². The lowest BCUT2D eigenvalue weighted by Gasteiger charge is -2.29. The molecule has 3 heteroatoms. The number of hydrogen-bond donors (Lipinski definition) is 0. The van der Waals surface area contributed by atoms with Gasteiger partial charge in [-0.15, -0.1) is 21.8 Å². The highest BCUT2D eigenvalue weighted by molar-refractivity contribution is 14.1. The van der Waals surface area contributed by atoms with Crippen LogP contribution in [0, 0.1) is 5.92 Å². The fourth-order valence-electron chi connectivity index (χ4n) is 3.87. The summed E-state index contributed by atoms with van der Waals surface area (Å²) in [5, 5.41) is 0. The van der Waals surface area contributed by atoms with Crippen LogP contribution in [0.3, 0.4) is 0 Å². The summed E-state index contributed by atoms with van der Waals surface area (Å²) in [7, 11) is 0.171. The maximum atomic E-state index is 5.85. The summed E-state index contributed by atoms with van der Waals surface area (Å²) in [5.41, 5.74) is 1.53. The zero-order valence-corrected chi connectivity index (χ0v) is 19.0. The molecule has 1 aliphatic rings. The first-order chi connectivity index (χ1) is 11.8. The monoisotopic (exact) mass is 458 g/mol. The zero-order valence-electron chi connectivity index (χ0n) is 15.4. The fraction of sp³-hybridized carbons (Fsp3) is 0.714. The number of halogens is 1. The number of hydrogen-bond acceptors (Lipinski definition) is 1. The number of rotatable bonds is 11. The van der Waals surface area contributed by atoms with Gasteiger partial charge in [-0.25, -0.2) is 0 Å². The van der Waals surface area contributed by atoms with Gasteiger partial charge in [0, 0.05) is 0 Å². The van der Waals surface area contributed by atoms with Crippen LogP contribution in [0.4, 0.5) is 0 Å². The third kappa shape index (κ3) is 7.47. The predicted molar refractivity (Wildman–Crippen MR) is 117 cm³/mol. The van der Waals surface area contributed by atoms with E-state index in [1.165, 1.54) is 75.8 Å². The van der Waals surface area contributed by atoms with Crippen LogP contribution in [0.5, 0.6) is 5.75 Å². The molecule has 0 bridgehead atoms. The number of ether oxygens (including phenoxy) is 1. The number of benzene rings is 1. The van der Waals surface area contributed by atoms with Crippen LogP contribution >= 0.6 is 21.8 Å². The van der Waals surface area contributed by atoms with Gasteiger partial charge in [-0.2, -0.15) is 0 Å². The molecule has 0 heterocycles. The Kier molecular flexibility index (Phi) is 10.4. The molecule has 0 radical (unpaired) electrons. The first kappa shape index (κ1) is 20.3. The Hall–Kier alpha value is -0.0331. The van der Waals surface area contributed by atoms with Gasteiger partial charge in [0.25, 0.3) is 0 Å². The molecule has 0 N–H and O–H groups in total. The van der Waals surface area contributed by atoms with Gasteiger partial charge in [-0.05, 0) is 61.6 Å². The molecule has 1 fully saturated rings. The summed E-state index contributed by atoms with van der Waals surface area (Å²) >= 11 is 2.57. The van der Waals surface area contributed by atoms with E-state index in [-0.39, 0.29) is 7.02 Å². The van der Waals surface area contributed by atoms with E-state index in [0.29, 0.717) is 0 Å². The topological polar surface area (TPSA) is 9.23 Å². The molecule has 2 rings (SSSR count). The molecule has 0 amide bonds. The van der Waals surface area contributed by atoms with Gasteiger partial charge in [0.05, 0.1) is 13.6 Å². The highest BCUT2D eigenvalue weighted by Crippen LogP contribution is 2.38. The third-order valence-electron chi connectivity index (χ3n) is 5.46. The molecule has 1 aromatic rings. The van der Waals surface area contributed by atoms with Crippen LogP contribution in [-0.4, -0.2) is 13.6 Å². The van der Waals surface area contributed by atoms with Gasteiger partial charge in [0.1, 0.15) is 5.75 Å². The molecule has 0 aromatic heterocycles. The lowest BCUT2D eigenvalue weighted by atomic mass is 9.77. The van der Waals surface area contributed by atoms with Crippen molar-refractivity contribution in [1.29, 1.82) is 0 Å². The molecule has 136 valence electrons. The SMILES string of the molecule is CCCCCCC1CCC(c2ccc(OCCC[SiH2]I)cc2)CC1. The summed E-state index contributed by atoms with van der Waals surface area (Å²) in [6.07, 6.45) is 14.0. The van der Waals surface area contributed by atoms with Gasteiger partial charge < -0.3 is 4.74 Å². The van der Waals surface area contributed by atoms with Crippen LogP contribution < -0.4 is 4.74 Å². The van der Waals surface area contributed by atoms with Gasteiger partial charge in [-0.3, -0.25) is 0 Å². The summed E-state index contributed by atoms with van der Waals surface area (Å²) in [6, 6.07) is 10.4. The summed E-state index contributed by atoms with van der Waals surface area (Å²) < 4.78 is 5.85. The second-order valence-corrected chi connectivity index (χ2v) is 11.7. The predicted octanol–water partition coefficient (Wildman–Crippen LogP) is 6.64. The summed E-state index contributed by atoms with van der Waals surface area (Å²) in [5.74, 6) is 2.84. The van der Waals surface area contributed by atoms with Gasteiger partial charge in [0.2, 0.25) is 0 Å². The minimum Gasteiger partial charge on any atom is -0.494 e. The molecule has 1 saturated carbocycles. The average Bonchev–Trinajstić information content (AvgIpc) is 2.64. The van der Waals surface area contributed by atoms with Crippen molar-refractivity contribution in [3.63, 3.8) is 0 Å². The minimum atomic E-state index is 0.171. The second-order valence-electron chi connectivity index (χ2n) is 7.38. The van der Waals surface area contributed by atoms with E-state index in [1.54, 1.807) is 0 Å². The maximum absolute atomic E-state index is 5.85. The summed E-state index contributed by atoms with van der Waals surface area (Å²) in [6.45, 7) is 3.19. The second kappa shape index (κ2) is 12.3. The first-order valence-electron chi connectivity index (χ1n) is 10.1. The highest BCUT2D eigenvalue weighted by atomic mass is 127. The Labute approximate surface area is 164 Å². The Morgan fingerprint density at radius 2 is 1.75 bits per heavy atom. The maximum Gasteiger partial charge on any atom is 0.119 e. The van der Waals surface area contributed by atoms with E-state index < -0.39 is 0 Å². The van der Waals surface area contributed by atoms with Crippen molar-refractivity contribution < 1.29 is 4.74 Å². The summed E-state index contributed by atoms with van der Waals surface area (Å²) in [4.78, 5) is 0. The van der Waals surface area contributed by atoms with E-state index in [0.717, 1.165) is 24.2 Å². The molecule has 24 heavy (non-hydrogen) atoms. The quantitative estimate of drug-likeness (QED) is 0.156. The van der Waals surface area contributed by atoms with E-state index in [9.17, 15) is 0 Å². The smallest absolute Gasteiger partial charge is 0.119 e. The van der Waals surface area contributed by atoms with Crippen LogP contribution in [0.2, 0.25) is 6.04 Å². The van der Waals surface area contributed by atoms with E-state index in [4.69, 9.17) is 4.74 Å². The van der Waals surface area contributed by atoms with Crippen molar-refractivity contribution in [1.82, 2.24) is 0 Å². The van der Waals surface area contributed by atoms with Crippen molar-refractivity contribution in [3.05, 3.63) is 29.8 Å². The molecule has 1 aromatic carbocycles. The number of unbranched alkanes of at least 4 members (excludes halogenated alkanes) is 3. The van der Waals surface area contributed by atoms with E-state index >= 15 is 0 Å². The molecule has 0 aliphatic heterocycles. The molecular weight excluding hydrogens is 423 g/mol. The van der Waals surface area contributed by atoms with Crippen LogP contribution in [0.25, 0.3) is 0 Å². The Bertz CT molecular complexity index is 426.